The van der Waals surface area contributed by atoms with Crippen LogP contribution in [0.4, 0.5) is 5.13 Å². The van der Waals surface area contributed by atoms with Gasteiger partial charge in [-0.15, -0.1) is 11.3 Å². The van der Waals surface area contributed by atoms with Crippen molar-refractivity contribution < 1.29 is 9.53 Å². The Labute approximate surface area is 112 Å². The SMILES string of the molecule is CCN(CC)c1ncc(CNCCC(=O)OC)s1. The van der Waals surface area contributed by atoms with E-state index >= 15 is 0 Å². The minimum Gasteiger partial charge on any atom is -0.469 e. The zero-order chi connectivity index (χ0) is 13.4. The van der Waals surface area contributed by atoms with E-state index in [2.05, 4.69) is 33.8 Å². The Bertz CT molecular complexity index is 364. The zero-order valence-electron chi connectivity index (χ0n) is 11.2. The van der Waals surface area contributed by atoms with Crippen molar-refractivity contribution in [3.05, 3.63) is 11.1 Å². The largest absolute Gasteiger partial charge is 0.469 e. The summed E-state index contributed by atoms with van der Waals surface area (Å²) in [5.74, 6) is -0.185. The monoisotopic (exact) mass is 271 g/mol. The van der Waals surface area contributed by atoms with Gasteiger partial charge in [0.1, 0.15) is 0 Å². The number of nitrogens with one attached hydrogen (secondary N) is 1. The number of aromatic nitrogens is 1. The number of carbonyl (C=O) groups excluding carboxylic acids is 1. The Balaban J connectivity index is 2.33. The van der Waals surface area contributed by atoms with Crippen LogP contribution in [0.15, 0.2) is 6.20 Å². The molecule has 0 unspecified atom stereocenters. The Kier molecular flexibility index (Phi) is 6.67. The maximum atomic E-state index is 10.9. The van der Waals surface area contributed by atoms with Crippen LogP contribution >= 0.6 is 11.3 Å². The van der Waals surface area contributed by atoms with Crippen molar-refractivity contribution in [3.8, 4) is 0 Å². The van der Waals surface area contributed by atoms with E-state index < -0.39 is 0 Å². The third kappa shape index (κ3) is 4.62. The molecule has 0 amide bonds. The fourth-order valence-corrected chi connectivity index (χ4v) is 2.53. The molecule has 0 spiro atoms. The van der Waals surface area contributed by atoms with Gasteiger partial charge in [-0.05, 0) is 13.8 Å². The quantitative estimate of drug-likeness (QED) is 0.575. The Hall–Kier alpha value is -1.14. The van der Waals surface area contributed by atoms with E-state index in [0.29, 0.717) is 13.0 Å². The van der Waals surface area contributed by atoms with Gasteiger partial charge in [0.15, 0.2) is 5.13 Å². The van der Waals surface area contributed by atoms with Crippen LogP contribution in [0.1, 0.15) is 25.1 Å². The molecule has 0 radical (unpaired) electrons. The van der Waals surface area contributed by atoms with Crippen molar-refractivity contribution in [2.75, 3.05) is 31.6 Å². The standard InChI is InChI=1S/C12H21N3O2S/c1-4-15(5-2)12-14-9-10(18-12)8-13-7-6-11(16)17-3/h9,13H,4-8H2,1-3H3. The number of carbonyl (C=O) groups is 1. The molecule has 1 aromatic rings. The van der Waals surface area contributed by atoms with Gasteiger partial charge >= 0.3 is 5.97 Å². The fourth-order valence-electron chi connectivity index (χ4n) is 1.52. The van der Waals surface area contributed by atoms with Gasteiger partial charge in [-0.1, -0.05) is 0 Å². The molecule has 6 heteroatoms. The topological polar surface area (TPSA) is 54.5 Å². The smallest absolute Gasteiger partial charge is 0.306 e. The molecule has 0 saturated carbocycles. The lowest BCUT2D eigenvalue weighted by Crippen LogP contribution is -2.21. The van der Waals surface area contributed by atoms with E-state index in [4.69, 9.17) is 0 Å². The number of rotatable bonds is 8. The van der Waals surface area contributed by atoms with Crippen molar-refractivity contribution in [2.45, 2.75) is 26.8 Å². The van der Waals surface area contributed by atoms with Crippen LogP contribution in [-0.4, -0.2) is 37.7 Å². The first-order valence-corrected chi connectivity index (χ1v) is 7.00. The van der Waals surface area contributed by atoms with E-state index in [1.54, 1.807) is 11.3 Å². The number of nitrogens with zero attached hydrogens (tertiary/aromatic N) is 2. The first kappa shape index (κ1) is 14.9. The lowest BCUT2D eigenvalue weighted by atomic mass is 10.4. The molecular formula is C12H21N3O2S. The van der Waals surface area contributed by atoms with Crippen LogP contribution in [0, 0.1) is 0 Å². The third-order valence-electron chi connectivity index (χ3n) is 2.61. The number of esters is 1. The van der Waals surface area contributed by atoms with Gasteiger partial charge < -0.3 is 15.0 Å². The molecule has 0 aliphatic rings. The first-order valence-electron chi connectivity index (χ1n) is 6.18. The predicted octanol–water partition coefficient (Wildman–Crippen LogP) is 1.64. The lowest BCUT2D eigenvalue weighted by molar-refractivity contribution is -0.140. The Morgan fingerprint density at radius 2 is 2.22 bits per heavy atom. The number of hydrogen-bond donors (Lipinski definition) is 1. The summed E-state index contributed by atoms with van der Waals surface area (Å²) in [6.07, 6.45) is 2.29. The average Bonchev–Trinajstić information content (AvgIpc) is 2.84. The average molecular weight is 271 g/mol. The Morgan fingerprint density at radius 3 is 2.83 bits per heavy atom. The van der Waals surface area contributed by atoms with E-state index in [-0.39, 0.29) is 5.97 Å². The maximum Gasteiger partial charge on any atom is 0.306 e. The number of anilines is 1. The van der Waals surface area contributed by atoms with Crippen molar-refractivity contribution in [2.24, 2.45) is 0 Å². The molecule has 0 atom stereocenters. The fraction of sp³-hybridized carbons (Fsp3) is 0.667. The molecule has 0 bridgehead atoms. The summed E-state index contributed by atoms with van der Waals surface area (Å²) in [6.45, 7) is 7.57. The summed E-state index contributed by atoms with van der Waals surface area (Å²) >= 11 is 1.69. The van der Waals surface area contributed by atoms with E-state index in [1.165, 1.54) is 12.0 Å². The highest BCUT2D eigenvalue weighted by Crippen LogP contribution is 2.21. The summed E-state index contributed by atoms with van der Waals surface area (Å²) in [4.78, 5) is 18.7. The second-order valence-corrected chi connectivity index (χ2v) is 4.88. The molecule has 0 aliphatic carbocycles. The highest BCUT2D eigenvalue weighted by molar-refractivity contribution is 7.15. The lowest BCUT2D eigenvalue weighted by Gasteiger charge is -2.16. The van der Waals surface area contributed by atoms with Gasteiger partial charge in [0.25, 0.3) is 0 Å². The Morgan fingerprint density at radius 1 is 1.50 bits per heavy atom. The molecule has 1 rings (SSSR count). The van der Waals surface area contributed by atoms with Crippen LogP contribution in [0.25, 0.3) is 0 Å². The second-order valence-electron chi connectivity index (χ2n) is 3.78. The summed E-state index contributed by atoms with van der Waals surface area (Å²) < 4.78 is 4.57. The molecule has 0 aromatic carbocycles. The third-order valence-corrected chi connectivity index (χ3v) is 3.67. The highest BCUT2D eigenvalue weighted by atomic mass is 32.1. The van der Waals surface area contributed by atoms with Crippen molar-refractivity contribution >= 4 is 22.4 Å². The predicted molar refractivity (Wildman–Crippen MR) is 74.0 cm³/mol. The van der Waals surface area contributed by atoms with Gasteiger partial charge in [0.05, 0.1) is 13.5 Å². The van der Waals surface area contributed by atoms with Gasteiger partial charge in [-0.2, -0.15) is 0 Å². The highest BCUT2D eigenvalue weighted by Gasteiger charge is 2.07. The van der Waals surface area contributed by atoms with Gasteiger partial charge in [-0.25, -0.2) is 4.98 Å². The van der Waals surface area contributed by atoms with Crippen molar-refractivity contribution in [3.63, 3.8) is 0 Å². The van der Waals surface area contributed by atoms with Crippen LogP contribution < -0.4 is 10.2 Å². The number of hydrogen-bond acceptors (Lipinski definition) is 6. The van der Waals surface area contributed by atoms with E-state index in [0.717, 1.165) is 24.8 Å². The van der Waals surface area contributed by atoms with E-state index in [1.807, 2.05) is 6.20 Å². The van der Waals surface area contributed by atoms with Crippen LogP contribution in [0.2, 0.25) is 0 Å². The number of methoxy groups -OCH3 is 1. The van der Waals surface area contributed by atoms with Crippen molar-refractivity contribution in [1.82, 2.24) is 10.3 Å². The molecule has 5 nitrogen and oxygen atoms in total. The zero-order valence-corrected chi connectivity index (χ0v) is 12.0. The molecular weight excluding hydrogens is 250 g/mol. The molecule has 1 heterocycles. The van der Waals surface area contributed by atoms with Crippen molar-refractivity contribution in [1.29, 1.82) is 0 Å². The second kappa shape index (κ2) is 8.05. The summed E-state index contributed by atoms with van der Waals surface area (Å²) in [5, 5.41) is 4.27. The van der Waals surface area contributed by atoms with Crippen LogP contribution in [0.3, 0.4) is 0 Å². The number of thiazole rings is 1. The van der Waals surface area contributed by atoms with Gasteiger partial charge in [-0.3, -0.25) is 4.79 Å². The van der Waals surface area contributed by atoms with Crippen LogP contribution in [-0.2, 0) is 16.1 Å². The first-order chi connectivity index (χ1) is 8.71. The van der Waals surface area contributed by atoms with E-state index in [9.17, 15) is 4.79 Å². The summed E-state index contributed by atoms with van der Waals surface area (Å²) in [5.41, 5.74) is 0. The summed E-state index contributed by atoms with van der Waals surface area (Å²) in [6, 6.07) is 0. The minimum absolute atomic E-state index is 0.185. The summed E-state index contributed by atoms with van der Waals surface area (Å²) in [7, 11) is 1.40. The van der Waals surface area contributed by atoms with Gasteiger partial charge in [0.2, 0.25) is 0 Å². The van der Waals surface area contributed by atoms with Crippen LogP contribution in [0.5, 0.6) is 0 Å². The maximum absolute atomic E-state index is 10.9. The minimum atomic E-state index is -0.185. The molecule has 1 aromatic heterocycles. The number of ether oxygens (including phenoxy) is 1. The molecule has 0 saturated heterocycles. The normalized spacial score (nSPS) is 10.4. The molecule has 102 valence electrons. The molecule has 1 N–H and O–H groups in total. The molecule has 18 heavy (non-hydrogen) atoms. The molecule has 0 fully saturated rings. The molecule has 0 aliphatic heterocycles. The van der Waals surface area contributed by atoms with Gasteiger partial charge in [0, 0.05) is 37.3 Å².